The summed E-state index contributed by atoms with van der Waals surface area (Å²) >= 11 is 0. The largest absolute Gasteiger partial charge is 0.399 e. The Labute approximate surface area is 772 Å². The number of aromatic nitrogens is 8. The first-order valence-corrected chi connectivity index (χ1v) is 47.8. The maximum Gasteiger partial charge on any atom is 0.229 e. The summed E-state index contributed by atoms with van der Waals surface area (Å²) in [5, 5.41) is 14.4. The molecule has 4 amide bonds. The summed E-state index contributed by atoms with van der Waals surface area (Å²) in [6, 6.07) is 75.1. The normalized spacial score (nSPS) is 14.2. The van der Waals surface area contributed by atoms with Gasteiger partial charge < -0.3 is 44.2 Å². The van der Waals surface area contributed by atoms with Crippen molar-refractivity contribution >= 4 is 80.4 Å². The van der Waals surface area contributed by atoms with Gasteiger partial charge in [-0.2, -0.15) is 0 Å². The molecule has 0 atom stereocenters. The molecule has 20 nitrogen and oxygen atoms in total. The average Bonchev–Trinajstić information content (AvgIpc) is 0.833. The lowest BCUT2D eigenvalue weighted by molar-refractivity contribution is -0.117. The van der Waals surface area contributed by atoms with Crippen molar-refractivity contribution in [3.05, 3.63) is 300 Å². The van der Waals surface area contributed by atoms with E-state index in [1.165, 1.54) is 139 Å². The number of nitrogens with two attached hydrogens (primary N) is 4. The predicted molar refractivity (Wildman–Crippen MR) is 534 cm³/mol. The molecule has 4 fully saturated rings. The van der Waals surface area contributed by atoms with E-state index in [1.54, 1.807) is 24.8 Å². The summed E-state index contributed by atoms with van der Waals surface area (Å²) in [5.74, 6) is 5.14. The average molecular weight is 1750 g/mol. The van der Waals surface area contributed by atoms with Crippen molar-refractivity contribution in [2.24, 2.45) is 23.7 Å². The SMILES string of the molecule is Nc1ccc(-c2cnc(NC(=O)CCCc3ccccc3)c(CCC3CCCCC3)n2)cc1.Nc1ccc(-c2cnc(NC(=O)CCc3ccccc3)c(CCC3CCCCC3)n2)cc1.Nc1ccc(-c2cnc(NC(=O)Cc3ccc4ccccc4c3)c(CCC3CCCCC3)n2)cc1.Nc1ccc(-c2cnc(NC(=O)Cc3ccccc3)c(CCC3CCCCC3)n2)cc1. The highest BCUT2D eigenvalue weighted by molar-refractivity contribution is 5.94. The first kappa shape index (κ1) is 93.8. The van der Waals surface area contributed by atoms with Crippen LogP contribution in [0.3, 0.4) is 0 Å². The smallest absolute Gasteiger partial charge is 0.229 e. The van der Waals surface area contributed by atoms with Crippen LogP contribution in [-0.2, 0) is 70.5 Å². The van der Waals surface area contributed by atoms with E-state index >= 15 is 0 Å². The van der Waals surface area contributed by atoms with Gasteiger partial charge in [-0.05, 0) is 176 Å². The van der Waals surface area contributed by atoms with E-state index in [0.29, 0.717) is 55.4 Å². The van der Waals surface area contributed by atoms with Crippen molar-refractivity contribution in [1.82, 2.24) is 39.9 Å². The number of anilines is 8. The van der Waals surface area contributed by atoms with Crippen LogP contribution in [-0.4, -0.2) is 63.5 Å². The van der Waals surface area contributed by atoms with Crippen LogP contribution in [0.1, 0.15) is 218 Å². The summed E-state index contributed by atoms with van der Waals surface area (Å²) in [6.07, 6.45) is 44.8. The molecule has 0 spiro atoms. The Morgan fingerprint density at radius 3 is 0.885 bits per heavy atom. The van der Waals surface area contributed by atoms with E-state index in [-0.39, 0.29) is 23.6 Å². The van der Waals surface area contributed by atoms with Gasteiger partial charge in [0.15, 0.2) is 23.3 Å². The fraction of sp³-hybridized carbons (Fsp3) is 0.351. The van der Waals surface area contributed by atoms with Gasteiger partial charge in [0.2, 0.25) is 23.6 Å². The number of amides is 4. The Kier molecular flexibility index (Phi) is 35.4. The molecule has 4 aromatic heterocycles. The van der Waals surface area contributed by atoms with Crippen molar-refractivity contribution in [2.45, 2.75) is 225 Å². The van der Waals surface area contributed by atoms with Gasteiger partial charge in [-0.3, -0.25) is 19.2 Å². The molecule has 4 aliphatic carbocycles. The van der Waals surface area contributed by atoms with Gasteiger partial charge in [0.05, 0.1) is 83.2 Å². The standard InChI is InChI=1S/C30H32N4O.C28H34N4O.C27H32N4O.C26H30N4O/c31-26-15-13-24(14-16-26)28-20-32-30(27(33-28)17-11-21-6-2-1-3-7-21)34-29(35)19-22-10-12-23-8-4-5-9-25(23)18-22;29-24-17-15-23(16-18-24)26-20-30-28(25(31-26)19-14-22-10-5-2-6-11-22)32-27(33)13-7-12-21-8-3-1-4-9-21;28-23-15-13-22(14-16-23)25-19-29-27(24(30-25)17-11-20-7-3-1-4-8-20)31-26(32)18-12-21-9-5-2-6-10-21;27-22-14-12-21(13-15-22)24-18-28-26(30-25(31)17-20-9-5-2-6-10-20)23(29-24)16-11-19-7-3-1-4-8-19/h4-5,8-10,12-16,18,20-21H,1-3,6-7,11,17,19,31H2,(H,32,34,35);1,3-4,8-9,15-18,20,22H,2,5-7,10-14,19,29H2,(H,30,32,33);2,5-6,9-10,13-16,19-20H,1,3-4,7-8,11-12,17-18,28H2,(H,29,31,32);2,5-6,9-10,12-15,18-19H,1,3-4,7-8,11,16-17,27H2,(H,28,30,31). The van der Waals surface area contributed by atoms with Gasteiger partial charge >= 0.3 is 0 Å². The second kappa shape index (κ2) is 49.4. The van der Waals surface area contributed by atoms with Gasteiger partial charge in [-0.15, -0.1) is 0 Å². The molecule has 13 aromatic rings. The van der Waals surface area contributed by atoms with Crippen LogP contribution >= 0.6 is 0 Å². The molecular formula is C111H128N16O4. The zero-order valence-corrected chi connectivity index (χ0v) is 75.8. The zero-order valence-electron chi connectivity index (χ0n) is 75.8. The van der Waals surface area contributed by atoms with Gasteiger partial charge in [0, 0.05) is 57.8 Å². The van der Waals surface area contributed by atoms with Gasteiger partial charge in [-0.25, -0.2) is 39.9 Å². The highest BCUT2D eigenvalue weighted by Crippen LogP contribution is 2.36. The molecule has 20 heteroatoms. The lowest BCUT2D eigenvalue weighted by Crippen LogP contribution is -2.18. The molecule has 0 aliphatic heterocycles. The quantitative estimate of drug-likeness (QED) is 0.0187. The van der Waals surface area contributed by atoms with Crippen molar-refractivity contribution in [2.75, 3.05) is 44.2 Å². The topological polar surface area (TPSA) is 324 Å². The van der Waals surface area contributed by atoms with Crippen molar-refractivity contribution in [3.8, 4) is 45.0 Å². The molecule has 4 aliphatic rings. The van der Waals surface area contributed by atoms with Crippen LogP contribution < -0.4 is 44.2 Å². The number of hydrogen-bond donors (Lipinski definition) is 8. The third kappa shape index (κ3) is 30.1. The summed E-state index contributed by atoms with van der Waals surface area (Å²) in [5.41, 5.74) is 41.2. The number of nitrogens with one attached hydrogen (secondary N) is 4. The Morgan fingerprint density at radius 1 is 0.267 bits per heavy atom. The third-order valence-corrected chi connectivity index (χ3v) is 25.9. The number of nitrogens with zero attached hydrogens (tertiary/aromatic N) is 8. The highest BCUT2D eigenvalue weighted by Gasteiger charge is 2.24. The van der Waals surface area contributed by atoms with Crippen LogP contribution in [0.25, 0.3) is 55.8 Å². The molecule has 0 unspecified atom stereocenters. The predicted octanol–water partition coefficient (Wildman–Crippen LogP) is 24.0. The Morgan fingerprint density at radius 2 is 0.550 bits per heavy atom. The molecule has 676 valence electrons. The number of carbonyl (C=O) groups is 4. The van der Waals surface area contributed by atoms with E-state index < -0.39 is 0 Å². The third-order valence-electron chi connectivity index (χ3n) is 25.9. The second-order valence-corrected chi connectivity index (χ2v) is 35.9. The summed E-state index contributed by atoms with van der Waals surface area (Å²) in [7, 11) is 0. The minimum atomic E-state index is -0.0752. The number of aryl methyl sites for hydroxylation is 6. The van der Waals surface area contributed by atoms with Gasteiger partial charge in [-0.1, -0.05) is 310 Å². The van der Waals surface area contributed by atoms with Crippen LogP contribution in [0.15, 0.2) is 255 Å². The fourth-order valence-corrected chi connectivity index (χ4v) is 18.3. The number of nitrogen functional groups attached to an aromatic ring is 4. The molecule has 0 saturated heterocycles. The molecule has 4 heterocycles. The van der Waals surface area contributed by atoms with E-state index in [4.69, 9.17) is 42.9 Å². The Bertz CT molecular complexity index is 5760. The summed E-state index contributed by atoms with van der Waals surface area (Å²) < 4.78 is 0. The zero-order chi connectivity index (χ0) is 90.6. The Hall–Kier alpha value is -13.4. The molecule has 17 rings (SSSR count). The van der Waals surface area contributed by atoms with E-state index in [0.717, 1.165) is 201 Å². The molecular weight excluding hydrogens is 1620 g/mol. The lowest BCUT2D eigenvalue weighted by Gasteiger charge is -2.21. The van der Waals surface area contributed by atoms with Crippen LogP contribution in [0.4, 0.5) is 46.0 Å². The van der Waals surface area contributed by atoms with Gasteiger partial charge in [0.1, 0.15) is 0 Å². The van der Waals surface area contributed by atoms with Crippen LogP contribution in [0.2, 0.25) is 0 Å². The van der Waals surface area contributed by atoms with Crippen LogP contribution in [0, 0.1) is 23.7 Å². The van der Waals surface area contributed by atoms with E-state index in [2.05, 4.69) is 77.6 Å². The number of benzene rings is 9. The molecule has 0 radical (unpaired) electrons. The highest BCUT2D eigenvalue weighted by atomic mass is 16.2. The van der Waals surface area contributed by atoms with Crippen molar-refractivity contribution in [1.29, 1.82) is 0 Å². The molecule has 4 saturated carbocycles. The van der Waals surface area contributed by atoms with E-state index in [9.17, 15) is 19.2 Å². The van der Waals surface area contributed by atoms with E-state index in [1.807, 2.05) is 194 Å². The number of hydrogen-bond acceptors (Lipinski definition) is 16. The molecule has 131 heavy (non-hydrogen) atoms. The number of rotatable bonds is 31. The molecule has 9 aromatic carbocycles. The molecule has 0 bridgehead atoms. The maximum atomic E-state index is 13.0. The van der Waals surface area contributed by atoms with Crippen molar-refractivity contribution in [3.63, 3.8) is 0 Å². The Balaban J connectivity index is 0.000000141. The summed E-state index contributed by atoms with van der Waals surface area (Å²) in [4.78, 5) is 89.1. The lowest BCUT2D eigenvalue weighted by atomic mass is 9.86. The fourth-order valence-electron chi connectivity index (χ4n) is 18.3. The minimum Gasteiger partial charge on any atom is -0.399 e. The van der Waals surface area contributed by atoms with Gasteiger partial charge in [0.25, 0.3) is 0 Å². The minimum absolute atomic E-state index is 0.000572. The number of fused-ring (bicyclic) bond motifs is 1. The number of carbonyl (C=O) groups excluding carboxylic acids is 4. The maximum absolute atomic E-state index is 13.0. The first-order chi connectivity index (χ1) is 64.1. The molecule has 12 N–H and O–H groups in total. The monoisotopic (exact) mass is 1750 g/mol. The first-order valence-electron chi connectivity index (χ1n) is 47.8. The van der Waals surface area contributed by atoms with Crippen LogP contribution in [0.5, 0.6) is 0 Å². The summed E-state index contributed by atoms with van der Waals surface area (Å²) in [6.45, 7) is 0. The van der Waals surface area contributed by atoms with Crippen molar-refractivity contribution < 1.29 is 19.2 Å². The second-order valence-electron chi connectivity index (χ2n) is 35.9.